The first kappa shape index (κ1) is 23.6. The fourth-order valence-electron chi connectivity index (χ4n) is 3.87. The number of fused-ring (bicyclic) bond motifs is 1. The van der Waals surface area contributed by atoms with Gasteiger partial charge < -0.3 is 10.2 Å². The standard InChI is InChI=1S/C22H29ClN4O3S/c1-4-26(12-19(28)24-14(2)3)20(29)13-31-22-25-18-11-15(23)9-10-17(18)21(30)27(22)16-7-5-6-8-16/h9-11,14,16H,4-8,12-13H2,1-3H3,(H,24,28). The molecule has 3 rings (SSSR count). The number of carbonyl (C=O) groups excluding carboxylic acids is 2. The molecule has 0 aliphatic heterocycles. The van der Waals surface area contributed by atoms with Crippen molar-refractivity contribution in [3.05, 3.63) is 33.6 Å². The Bertz CT molecular complexity index is 1020. The topological polar surface area (TPSA) is 84.3 Å². The fourth-order valence-corrected chi connectivity index (χ4v) is 5.01. The third-order valence-corrected chi connectivity index (χ3v) is 6.54. The summed E-state index contributed by atoms with van der Waals surface area (Å²) in [5, 5.41) is 4.38. The number of halogens is 1. The number of rotatable bonds is 8. The molecule has 2 amide bonds. The molecule has 1 N–H and O–H groups in total. The number of nitrogens with zero attached hydrogens (tertiary/aromatic N) is 3. The van der Waals surface area contributed by atoms with Crippen LogP contribution < -0.4 is 10.9 Å². The van der Waals surface area contributed by atoms with E-state index in [2.05, 4.69) is 5.32 Å². The van der Waals surface area contributed by atoms with E-state index < -0.39 is 0 Å². The van der Waals surface area contributed by atoms with Crippen molar-refractivity contribution in [2.75, 3.05) is 18.8 Å². The van der Waals surface area contributed by atoms with E-state index in [9.17, 15) is 14.4 Å². The summed E-state index contributed by atoms with van der Waals surface area (Å²) in [6, 6.07) is 5.20. The number of aromatic nitrogens is 2. The predicted molar refractivity (Wildman–Crippen MR) is 125 cm³/mol. The predicted octanol–water partition coefficient (Wildman–Crippen LogP) is 3.63. The second-order valence-corrected chi connectivity index (χ2v) is 9.47. The van der Waals surface area contributed by atoms with Gasteiger partial charge in [-0.05, 0) is 51.8 Å². The van der Waals surface area contributed by atoms with Crippen molar-refractivity contribution in [2.45, 2.75) is 63.7 Å². The molecule has 0 unspecified atom stereocenters. The highest BCUT2D eigenvalue weighted by atomic mass is 35.5. The average Bonchev–Trinajstić information content (AvgIpc) is 3.23. The molecular weight excluding hydrogens is 436 g/mol. The lowest BCUT2D eigenvalue weighted by molar-refractivity contribution is -0.134. The second kappa shape index (κ2) is 10.5. The number of hydrogen-bond donors (Lipinski definition) is 1. The van der Waals surface area contributed by atoms with Crippen molar-refractivity contribution in [3.8, 4) is 0 Å². The fraction of sp³-hybridized carbons (Fsp3) is 0.545. The van der Waals surface area contributed by atoms with Crippen molar-refractivity contribution in [2.24, 2.45) is 0 Å². The van der Waals surface area contributed by atoms with Gasteiger partial charge in [0.2, 0.25) is 11.8 Å². The maximum atomic E-state index is 13.2. The summed E-state index contributed by atoms with van der Waals surface area (Å²) in [5.41, 5.74) is 0.442. The van der Waals surface area contributed by atoms with Gasteiger partial charge in [0, 0.05) is 23.7 Å². The lowest BCUT2D eigenvalue weighted by Crippen LogP contribution is -2.43. The highest BCUT2D eigenvalue weighted by Gasteiger charge is 2.24. The van der Waals surface area contributed by atoms with Gasteiger partial charge in [0.1, 0.15) is 0 Å². The molecule has 168 valence electrons. The number of carbonyl (C=O) groups is 2. The zero-order valence-corrected chi connectivity index (χ0v) is 19.8. The molecule has 9 heteroatoms. The molecule has 0 spiro atoms. The van der Waals surface area contributed by atoms with Gasteiger partial charge in [-0.15, -0.1) is 0 Å². The summed E-state index contributed by atoms with van der Waals surface area (Å²) in [6.45, 7) is 6.05. The molecule has 0 radical (unpaired) electrons. The van der Waals surface area contributed by atoms with Crippen molar-refractivity contribution in [1.82, 2.24) is 19.8 Å². The Hall–Kier alpha value is -2.06. The van der Waals surface area contributed by atoms with E-state index in [1.165, 1.54) is 16.7 Å². The van der Waals surface area contributed by atoms with E-state index in [0.717, 1.165) is 25.7 Å². The van der Waals surface area contributed by atoms with Gasteiger partial charge in [0.05, 0.1) is 23.2 Å². The van der Waals surface area contributed by atoms with Gasteiger partial charge in [-0.25, -0.2) is 4.98 Å². The quantitative estimate of drug-likeness (QED) is 0.476. The molecule has 1 aromatic carbocycles. The van der Waals surface area contributed by atoms with E-state index in [1.807, 2.05) is 20.8 Å². The molecule has 0 saturated heterocycles. The first-order valence-electron chi connectivity index (χ1n) is 10.7. The Morgan fingerprint density at radius 1 is 1.32 bits per heavy atom. The first-order chi connectivity index (χ1) is 14.8. The number of thioether (sulfide) groups is 1. The Balaban J connectivity index is 1.84. The summed E-state index contributed by atoms with van der Waals surface area (Å²) in [5.74, 6) is -0.241. The van der Waals surface area contributed by atoms with Crippen LogP contribution in [0.2, 0.25) is 5.02 Å². The van der Waals surface area contributed by atoms with Crippen LogP contribution >= 0.6 is 23.4 Å². The van der Waals surface area contributed by atoms with Crippen LogP contribution in [0.4, 0.5) is 0 Å². The van der Waals surface area contributed by atoms with Crippen LogP contribution in [0.1, 0.15) is 52.5 Å². The number of nitrogens with one attached hydrogen (secondary N) is 1. The van der Waals surface area contributed by atoms with E-state index in [0.29, 0.717) is 27.6 Å². The van der Waals surface area contributed by atoms with Crippen molar-refractivity contribution in [1.29, 1.82) is 0 Å². The molecule has 1 heterocycles. The SMILES string of the molecule is CCN(CC(=O)NC(C)C)C(=O)CSc1nc2cc(Cl)ccc2c(=O)n1C1CCCC1. The summed E-state index contributed by atoms with van der Waals surface area (Å²) in [4.78, 5) is 44.3. The van der Waals surface area contributed by atoms with Gasteiger partial charge in [-0.2, -0.15) is 0 Å². The molecule has 0 atom stereocenters. The van der Waals surface area contributed by atoms with E-state index >= 15 is 0 Å². The largest absolute Gasteiger partial charge is 0.352 e. The van der Waals surface area contributed by atoms with Crippen molar-refractivity contribution >= 4 is 46.1 Å². The van der Waals surface area contributed by atoms with Crippen LogP contribution in [0.25, 0.3) is 10.9 Å². The smallest absolute Gasteiger partial charge is 0.262 e. The Labute approximate surface area is 191 Å². The van der Waals surface area contributed by atoms with Crippen molar-refractivity contribution < 1.29 is 9.59 Å². The molecule has 31 heavy (non-hydrogen) atoms. The minimum absolute atomic E-state index is 0.0181. The maximum absolute atomic E-state index is 13.2. The second-order valence-electron chi connectivity index (χ2n) is 8.09. The minimum Gasteiger partial charge on any atom is -0.352 e. The highest BCUT2D eigenvalue weighted by Crippen LogP contribution is 2.32. The third kappa shape index (κ3) is 5.80. The third-order valence-electron chi connectivity index (χ3n) is 5.36. The molecule has 1 aromatic heterocycles. The summed E-state index contributed by atoms with van der Waals surface area (Å²) in [7, 11) is 0. The van der Waals surface area contributed by atoms with Crippen LogP contribution in [0.3, 0.4) is 0 Å². The van der Waals surface area contributed by atoms with Crippen LogP contribution in [0, 0.1) is 0 Å². The van der Waals surface area contributed by atoms with Gasteiger partial charge in [0.25, 0.3) is 5.56 Å². The Morgan fingerprint density at radius 2 is 2.03 bits per heavy atom. The molecule has 1 saturated carbocycles. The van der Waals surface area contributed by atoms with Crippen LogP contribution in [-0.2, 0) is 9.59 Å². The normalized spacial score (nSPS) is 14.4. The van der Waals surface area contributed by atoms with E-state index in [1.54, 1.807) is 22.8 Å². The van der Waals surface area contributed by atoms with Crippen LogP contribution in [-0.4, -0.2) is 51.1 Å². The summed E-state index contributed by atoms with van der Waals surface area (Å²) < 4.78 is 1.75. The number of amides is 2. The molecule has 0 bridgehead atoms. The lowest BCUT2D eigenvalue weighted by Gasteiger charge is -2.22. The van der Waals surface area contributed by atoms with E-state index in [4.69, 9.17) is 16.6 Å². The maximum Gasteiger partial charge on any atom is 0.262 e. The zero-order valence-electron chi connectivity index (χ0n) is 18.2. The zero-order chi connectivity index (χ0) is 22.5. The van der Waals surface area contributed by atoms with Crippen molar-refractivity contribution in [3.63, 3.8) is 0 Å². The van der Waals surface area contributed by atoms with Gasteiger partial charge >= 0.3 is 0 Å². The first-order valence-corrected chi connectivity index (χ1v) is 12.1. The summed E-state index contributed by atoms with van der Waals surface area (Å²) >= 11 is 7.36. The monoisotopic (exact) mass is 464 g/mol. The number of likely N-dealkylation sites (N-methyl/N-ethyl adjacent to an activating group) is 1. The molecule has 7 nitrogen and oxygen atoms in total. The highest BCUT2D eigenvalue weighted by molar-refractivity contribution is 7.99. The van der Waals surface area contributed by atoms with Gasteiger partial charge in [-0.3, -0.25) is 19.0 Å². The molecule has 1 aliphatic carbocycles. The minimum atomic E-state index is -0.184. The van der Waals surface area contributed by atoms with Crippen LogP contribution in [0.5, 0.6) is 0 Å². The Kier molecular flexibility index (Phi) is 8.00. The molecular formula is C22H29ClN4O3S. The van der Waals surface area contributed by atoms with Gasteiger partial charge in [0.15, 0.2) is 5.16 Å². The average molecular weight is 465 g/mol. The molecule has 1 fully saturated rings. The lowest BCUT2D eigenvalue weighted by atomic mass is 10.2. The van der Waals surface area contributed by atoms with Crippen LogP contribution in [0.15, 0.2) is 28.2 Å². The molecule has 2 aromatic rings. The Morgan fingerprint density at radius 3 is 2.68 bits per heavy atom. The number of hydrogen-bond acceptors (Lipinski definition) is 5. The number of benzene rings is 1. The molecule has 1 aliphatic rings. The summed E-state index contributed by atoms with van der Waals surface area (Å²) in [6.07, 6.45) is 4.01. The van der Waals surface area contributed by atoms with E-state index in [-0.39, 0.29) is 41.8 Å². The van der Waals surface area contributed by atoms with Gasteiger partial charge in [-0.1, -0.05) is 36.2 Å².